The quantitative estimate of drug-likeness (QED) is 0.347. The molecule has 0 aliphatic heterocycles. The van der Waals surface area contributed by atoms with Crippen molar-refractivity contribution < 1.29 is 9.26 Å². The number of hydrogen-bond acceptors (Lipinski definition) is 4. The van der Waals surface area contributed by atoms with E-state index < -0.39 is 0 Å². The number of ether oxygens (including phenoxy) is 1. The van der Waals surface area contributed by atoms with Crippen LogP contribution in [0.4, 0.5) is 0 Å². The Labute approximate surface area is 210 Å². The second-order valence-electron chi connectivity index (χ2n) is 8.22. The molecule has 0 spiro atoms. The summed E-state index contributed by atoms with van der Waals surface area (Å²) < 4.78 is 11.8. The van der Waals surface area contributed by atoms with Crippen molar-refractivity contribution in [3.63, 3.8) is 0 Å². The standard InChI is InChI=1S/C28H26Cl2N2O2/c1-5-18-15-20(11-14-25(18)31-4)19-9-12-21(13-10-19)33-16-22-27(32-34-28(22)17(2)3)26-23(29)7-6-8-24(26)30/h5-15,17H,16H2,1-4H3/b18-5-,31-25?. The topological polar surface area (TPSA) is 47.6 Å². The Hall–Kier alpha value is -3.08. The summed E-state index contributed by atoms with van der Waals surface area (Å²) in [5.74, 6) is 1.64. The molecule has 34 heavy (non-hydrogen) atoms. The molecule has 0 unspecified atom stereocenters. The maximum absolute atomic E-state index is 6.44. The highest BCUT2D eigenvalue weighted by atomic mass is 35.5. The number of benzene rings is 2. The molecule has 2 aromatic carbocycles. The first-order valence-electron chi connectivity index (χ1n) is 11.1. The summed E-state index contributed by atoms with van der Waals surface area (Å²) in [4.78, 5) is 4.32. The molecular formula is C28H26Cl2N2O2. The summed E-state index contributed by atoms with van der Waals surface area (Å²) in [5.41, 5.74) is 6.44. The van der Waals surface area contributed by atoms with E-state index in [9.17, 15) is 0 Å². The van der Waals surface area contributed by atoms with E-state index in [0.29, 0.717) is 21.3 Å². The molecule has 4 nitrogen and oxygen atoms in total. The van der Waals surface area contributed by atoms with Crippen LogP contribution in [0.25, 0.3) is 16.8 Å². The summed E-state index contributed by atoms with van der Waals surface area (Å²) in [6.07, 6.45) is 8.33. The average Bonchev–Trinajstić information content (AvgIpc) is 3.26. The van der Waals surface area contributed by atoms with Gasteiger partial charge >= 0.3 is 0 Å². The highest BCUT2D eigenvalue weighted by molar-refractivity contribution is 6.39. The van der Waals surface area contributed by atoms with Crippen LogP contribution < -0.4 is 4.74 Å². The van der Waals surface area contributed by atoms with Crippen molar-refractivity contribution in [2.24, 2.45) is 4.99 Å². The molecule has 1 aliphatic rings. The first-order chi connectivity index (χ1) is 16.4. The first kappa shape index (κ1) is 24.1. The fraction of sp³-hybridized carbons (Fsp3) is 0.214. The Balaban J connectivity index is 1.57. The van der Waals surface area contributed by atoms with Gasteiger partial charge in [-0.3, -0.25) is 4.99 Å². The molecular weight excluding hydrogens is 467 g/mol. The third kappa shape index (κ3) is 4.89. The van der Waals surface area contributed by atoms with Gasteiger partial charge in [-0.15, -0.1) is 0 Å². The van der Waals surface area contributed by atoms with Crippen LogP contribution in [0.15, 0.2) is 81.9 Å². The number of allylic oxidation sites excluding steroid dienone is 6. The molecule has 1 aliphatic carbocycles. The van der Waals surface area contributed by atoms with Gasteiger partial charge in [0.1, 0.15) is 23.8 Å². The highest BCUT2D eigenvalue weighted by Crippen LogP contribution is 2.39. The largest absolute Gasteiger partial charge is 0.489 e. The molecule has 3 aromatic rings. The zero-order valence-corrected chi connectivity index (χ0v) is 21.1. The Morgan fingerprint density at radius 3 is 2.38 bits per heavy atom. The zero-order chi connectivity index (χ0) is 24.2. The van der Waals surface area contributed by atoms with Crippen molar-refractivity contribution in [3.05, 3.63) is 99.3 Å². The molecule has 6 heteroatoms. The predicted molar refractivity (Wildman–Crippen MR) is 141 cm³/mol. The van der Waals surface area contributed by atoms with E-state index in [-0.39, 0.29) is 12.5 Å². The molecule has 0 fully saturated rings. The Morgan fingerprint density at radius 1 is 1.06 bits per heavy atom. The minimum atomic E-state index is 0.130. The lowest BCUT2D eigenvalue weighted by molar-refractivity contribution is 0.298. The second-order valence-corrected chi connectivity index (χ2v) is 9.04. The molecule has 1 aromatic heterocycles. The number of hydrogen-bond donors (Lipinski definition) is 0. The van der Waals surface area contributed by atoms with E-state index >= 15 is 0 Å². The number of aromatic nitrogens is 1. The number of nitrogens with zero attached hydrogens (tertiary/aromatic N) is 2. The van der Waals surface area contributed by atoms with E-state index in [4.69, 9.17) is 32.5 Å². The van der Waals surface area contributed by atoms with Gasteiger partial charge in [-0.2, -0.15) is 0 Å². The van der Waals surface area contributed by atoms with Crippen LogP contribution in [0.3, 0.4) is 0 Å². The van der Waals surface area contributed by atoms with Crippen molar-refractivity contribution in [3.8, 4) is 17.0 Å². The van der Waals surface area contributed by atoms with Gasteiger partial charge in [0.15, 0.2) is 0 Å². The predicted octanol–water partition coefficient (Wildman–Crippen LogP) is 8.32. The van der Waals surface area contributed by atoms with E-state index in [1.165, 1.54) is 0 Å². The molecule has 0 atom stereocenters. The molecule has 0 radical (unpaired) electrons. The van der Waals surface area contributed by atoms with Crippen LogP contribution in [0.5, 0.6) is 5.75 Å². The average molecular weight is 493 g/mol. The molecule has 0 amide bonds. The number of rotatable bonds is 6. The lowest BCUT2D eigenvalue weighted by atomic mass is 9.95. The SMILES string of the molecule is C/C=C1/C=C(c2ccc(OCc3c(-c4c(Cl)cccc4Cl)noc3C(C)C)cc2)C=CC1=NC. The molecule has 174 valence electrons. The summed E-state index contributed by atoms with van der Waals surface area (Å²) in [6.45, 7) is 6.41. The van der Waals surface area contributed by atoms with Crippen molar-refractivity contribution in [1.82, 2.24) is 5.16 Å². The second kappa shape index (κ2) is 10.5. The monoisotopic (exact) mass is 492 g/mol. The summed E-state index contributed by atoms with van der Waals surface area (Å²) in [5, 5.41) is 5.33. The molecule has 0 saturated heterocycles. The van der Waals surface area contributed by atoms with Crippen molar-refractivity contribution in [1.29, 1.82) is 0 Å². The lowest BCUT2D eigenvalue weighted by Crippen LogP contribution is -2.02. The van der Waals surface area contributed by atoms with Crippen molar-refractivity contribution >= 4 is 34.5 Å². The van der Waals surface area contributed by atoms with Gasteiger partial charge in [0.05, 0.1) is 21.3 Å². The van der Waals surface area contributed by atoms with Gasteiger partial charge in [0.2, 0.25) is 0 Å². The molecule has 0 saturated carbocycles. The van der Waals surface area contributed by atoms with Crippen LogP contribution >= 0.6 is 23.2 Å². The maximum atomic E-state index is 6.44. The van der Waals surface area contributed by atoms with Gasteiger partial charge in [0, 0.05) is 18.5 Å². The number of aliphatic imine (C=N–C) groups is 1. The Kier molecular flexibility index (Phi) is 7.40. The Morgan fingerprint density at radius 2 is 1.76 bits per heavy atom. The summed E-state index contributed by atoms with van der Waals surface area (Å²) in [6, 6.07) is 13.4. The van der Waals surface area contributed by atoms with Crippen LogP contribution in [0.2, 0.25) is 10.0 Å². The van der Waals surface area contributed by atoms with E-state index in [1.807, 2.05) is 25.1 Å². The summed E-state index contributed by atoms with van der Waals surface area (Å²) >= 11 is 12.9. The van der Waals surface area contributed by atoms with E-state index in [2.05, 4.69) is 54.4 Å². The third-order valence-corrected chi connectivity index (χ3v) is 6.32. The highest BCUT2D eigenvalue weighted by Gasteiger charge is 2.23. The van der Waals surface area contributed by atoms with Gasteiger partial charge in [-0.05, 0) is 60.1 Å². The van der Waals surface area contributed by atoms with Gasteiger partial charge in [-0.1, -0.05) is 72.6 Å². The molecule has 0 N–H and O–H groups in total. The minimum Gasteiger partial charge on any atom is -0.489 e. The molecule has 4 rings (SSSR count). The van der Waals surface area contributed by atoms with Gasteiger partial charge < -0.3 is 9.26 Å². The van der Waals surface area contributed by atoms with Gasteiger partial charge in [-0.25, -0.2) is 0 Å². The van der Waals surface area contributed by atoms with Crippen molar-refractivity contribution in [2.45, 2.75) is 33.3 Å². The third-order valence-electron chi connectivity index (χ3n) is 5.69. The van der Waals surface area contributed by atoms with Crippen LogP contribution in [-0.2, 0) is 6.61 Å². The normalized spacial score (nSPS) is 15.9. The molecule has 0 bridgehead atoms. The smallest absolute Gasteiger partial charge is 0.146 e. The fourth-order valence-corrected chi connectivity index (χ4v) is 4.48. The number of halogens is 2. The lowest BCUT2D eigenvalue weighted by Gasteiger charge is -2.13. The van der Waals surface area contributed by atoms with E-state index in [1.54, 1.807) is 25.2 Å². The van der Waals surface area contributed by atoms with E-state index in [0.717, 1.165) is 39.5 Å². The van der Waals surface area contributed by atoms with Crippen LogP contribution in [-0.4, -0.2) is 17.9 Å². The minimum absolute atomic E-state index is 0.130. The molecule has 1 heterocycles. The summed E-state index contributed by atoms with van der Waals surface area (Å²) in [7, 11) is 1.81. The fourth-order valence-electron chi connectivity index (χ4n) is 3.90. The zero-order valence-electron chi connectivity index (χ0n) is 19.6. The Bertz CT molecular complexity index is 1290. The van der Waals surface area contributed by atoms with Gasteiger partial charge in [0.25, 0.3) is 0 Å². The maximum Gasteiger partial charge on any atom is 0.146 e. The van der Waals surface area contributed by atoms with Crippen molar-refractivity contribution in [2.75, 3.05) is 7.05 Å². The van der Waals surface area contributed by atoms with Crippen LogP contribution in [0, 0.1) is 0 Å². The first-order valence-corrected chi connectivity index (χ1v) is 11.9. The van der Waals surface area contributed by atoms with Crippen LogP contribution in [0.1, 0.15) is 43.6 Å².